The second-order valence-corrected chi connectivity index (χ2v) is 4.32. The molecule has 1 aromatic rings. The molecule has 1 rings (SSSR count). The number of likely N-dealkylation sites (N-methyl/N-ethyl adjacent to an activating group) is 2. The number of amides is 1. The van der Waals surface area contributed by atoms with E-state index in [4.69, 9.17) is 11.6 Å². The van der Waals surface area contributed by atoms with Gasteiger partial charge in [0.05, 0.1) is 12.6 Å². The second-order valence-electron chi connectivity index (χ2n) is 3.91. The Labute approximate surface area is 106 Å². The van der Waals surface area contributed by atoms with Gasteiger partial charge in [-0.2, -0.15) is 0 Å². The lowest BCUT2D eigenvalue weighted by Crippen LogP contribution is -2.32. The van der Waals surface area contributed by atoms with Gasteiger partial charge in [-0.1, -0.05) is 17.7 Å². The van der Waals surface area contributed by atoms with Gasteiger partial charge in [0, 0.05) is 24.8 Å². The van der Waals surface area contributed by atoms with Crippen molar-refractivity contribution in [2.75, 3.05) is 25.5 Å². The molecule has 0 aromatic heterocycles. The van der Waals surface area contributed by atoms with Crippen LogP contribution in [0.15, 0.2) is 18.2 Å². The molecule has 94 valence electrons. The highest BCUT2D eigenvalue weighted by atomic mass is 35.5. The Balaban J connectivity index is 2.86. The van der Waals surface area contributed by atoms with Gasteiger partial charge < -0.3 is 15.3 Å². The molecule has 5 heteroatoms. The second kappa shape index (κ2) is 5.89. The smallest absolute Gasteiger partial charge is 0.239 e. The molecule has 0 aliphatic heterocycles. The molecular formula is C12H17ClN2O2. The molecule has 1 aromatic carbocycles. The monoisotopic (exact) mass is 256 g/mol. The summed E-state index contributed by atoms with van der Waals surface area (Å²) in [7, 11) is 3.41. The molecule has 4 nitrogen and oxygen atoms in total. The summed E-state index contributed by atoms with van der Waals surface area (Å²) in [5.41, 5.74) is 1.52. The normalized spacial score (nSPS) is 12.1. The number of hydrogen-bond donors (Lipinski definition) is 2. The summed E-state index contributed by atoms with van der Waals surface area (Å²) < 4.78 is 0. The summed E-state index contributed by atoms with van der Waals surface area (Å²) in [6.07, 6.45) is -0.596. The lowest BCUT2D eigenvalue weighted by molar-refractivity contribution is -0.119. The highest BCUT2D eigenvalue weighted by Gasteiger charge is 2.10. The van der Waals surface area contributed by atoms with Gasteiger partial charge in [-0.15, -0.1) is 0 Å². The standard InChI is InChI=1S/C12H17ClN2O2/c1-8(16)10-5-4-9(6-11(10)13)15(3)7-12(17)14-2/h4-6,8,16H,7H2,1-3H3,(H,14,17). The fraction of sp³-hybridized carbons (Fsp3) is 0.417. The highest BCUT2D eigenvalue weighted by molar-refractivity contribution is 6.31. The average Bonchev–Trinajstić information content (AvgIpc) is 2.28. The Morgan fingerprint density at radius 3 is 2.71 bits per heavy atom. The number of carbonyl (C=O) groups is 1. The number of halogens is 1. The molecule has 0 saturated carbocycles. The molecule has 17 heavy (non-hydrogen) atoms. The van der Waals surface area contributed by atoms with Crippen LogP contribution in [-0.4, -0.2) is 31.7 Å². The van der Waals surface area contributed by atoms with E-state index >= 15 is 0 Å². The molecule has 2 N–H and O–H groups in total. The summed E-state index contributed by atoms with van der Waals surface area (Å²) in [6.45, 7) is 1.93. The third kappa shape index (κ3) is 3.61. The number of aliphatic hydroxyl groups excluding tert-OH is 1. The molecule has 0 fully saturated rings. The van der Waals surface area contributed by atoms with Crippen molar-refractivity contribution < 1.29 is 9.90 Å². The first kappa shape index (κ1) is 13.8. The number of nitrogens with one attached hydrogen (secondary N) is 1. The molecule has 0 saturated heterocycles. The minimum Gasteiger partial charge on any atom is -0.389 e. The van der Waals surface area contributed by atoms with Crippen molar-refractivity contribution in [3.05, 3.63) is 28.8 Å². The van der Waals surface area contributed by atoms with Gasteiger partial charge in [-0.3, -0.25) is 4.79 Å². The van der Waals surface area contributed by atoms with E-state index in [-0.39, 0.29) is 12.5 Å². The molecule has 1 unspecified atom stereocenters. The van der Waals surface area contributed by atoms with Crippen LogP contribution >= 0.6 is 11.6 Å². The lowest BCUT2D eigenvalue weighted by Gasteiger charge is -2.19. The number of rotatable bonds is 4. The van der Waals surface area contributed by atoms with Crippen molar-refractivity contribution in [2.24, 2.45) is 0 Å². The maximum absolute atomic E-state index is 11.2. The van der Waals surface area contributed by atoms with E-state index in [2.05, 4.69) is 5.32 Å². The van der Waals surface area contributed by atoms with Crippen molar-refractivity contribution in [1.82, 2.24) is 5.32 Å². The summed E-state index contributed by atoms with van der Waals surface area (Å²) in [4.78, 5) is 13.0. The first-order valence-corrected chi connectivity index (χ1v) is 5.72. The van der Waals surface area contributed by atoms with E-state index in [0.717, 1.165) is 5.69 Å². The third-order valence-corrected chi connectivity index (χ3v) is 2.86. The summed E-state index contributed by atoms with van der Waals surface area (Å²) in [5.74, 6) is -0.0665. The molecule has 0 heterocycles. The Morgan fingerprint density at radius 1 is 1.59 bits per heavy atom. The van der Waals surface area contributed by atoms with E-state index in [1.165, 1.54) is 0 Å². The van der Waals surface area contributed by atoms with E-state index in [1.54, 1.807) is 31.0 Å². The Hall–Kier alpha value is -1.26. The zero-order valence-electron chi connectivity index (χ0n) is 10.2. The van der Waals surface area contributed by atoms with Crippen LogP contribution in [0.1, 0.15) is 18.6 Å². The van der Waals surface area contributed by atoms with Gasteiger partial charge in [-0.05, 0) is 24.6 Å². The molecular weight excluding hydrogens is 240 g/mol. The van der Waals surface area contributed by atoms with Crippen LogP contribution < -0.4 is 10.2 Å². The Morgan fingerprint density at radius 2 is 2.24 bits per heavy atom. The zero-order chi connectivity index (χ0) is 13.0. The van der Waals surface area contributed by atoms with Crippen LogP contribution in [-0.2, 0) is 4.79 Å². The van der Waals surface area contributed by atoms with Gasteiger partial charge in [0.25, 0.3) is 0 Å². The third-order valence-electron chi connectivity index (χ3n) is 2.53. The largest absolute Gasteiger partial charge is 0.389 e. The van der Waals surface area contributed by atoms with Crippen molar-refractivity contribution in [3.8, 4) is 0 Å². The maximum atomic E-state index is 11.2. The molecule has 0 aliphatic rings. The molecule has 0 bridgehead atoms. The quantitative estimate of drug-likeness (QED) is 0.860. The van der Waals surface area contributed by atoms with Crippen LogP contribution in [0.25, 0.3) is 0 Å². The van der Waals surface area contributed by atoms with Crippen LogP contribution in [0.3, 0.4) is 0 Å². The van der Waals surface area contributed by atoms with Gasteiger partial charge in [0.1, 0.15) is 0 Å². The molecule has 0 spiro atoms. The maximum Gasteiger partial charge on any atom is 0.239 e. The van der Waals surface area contributed by atoms with E-state index < -0.39 is 6.10 Å². The first-order chi connectivity index (χ1) is 7.95. The molecule has 1 atom stereocenters. The fourth-order valence-corrected chi connectivity index (χ4v) is 1.81. The molecule has 0 radical (unpaired) electrons. The van der Waals surface area contributed by atoms with Gasteiger partial charge in [0.2, 0.25) is 5.91 Å². The predicted molar refractivity (Wildman–Crippen MR) is 69.4 cm³/mol. The van der Waals surface area contributed by atoms with E-state index in [9.17, 15) is 9.90 Å². The van der Waals surface area contributed by atoms with Crippen LogP contribution in [0.5, 0.6) is 0 Å². The summed E-state index contributed by atoms with van der Waals surface area (Å²) >= 11 is 6.05. The topological polar surface area (TPSA) is 52.6 Å². The number of benzene rings is 1. The lowest BCUT2D eigenvalue weighted by atomic mass is 10.1. The molecule has 0 aliphatic carbocycles. The van der Waals surface area contributed by atoms with Gasteiger partial charge >= 0.3 is 0 Å². The Kier molecular flexibility index (Phi) is 4.78. The number of aliphatic hydroxyl groups is 1. The first-order valence-electron chi connectivity index (χ1n) is 5.35. The van der Waals surface area contributed by atoms with Gasteiger partial charge in [-0.25, -0.2) is 0 Å². The number of hydrogen-bond acceptors (Lipinski definition) is 3. The fourth-order valence-electron chi connectivity index (χ4n) is 1.48. The Bertz CT molecular complexity index is 407. The molecule has 1 amide bonds. The number of nitrogens with zero attached hydrogens (tertiary/aromatic N) is 1. The van der Waals surface area contributed by atoms with Crippen molar-refractivity contribution in [1.29, 1.82) is 0 Å². The van der Waals surface area contributed by atoms with Crippen molar-refractivity contribution in [2.45, 2.75) is 13.0 Å². The minimum absolute atomic E-state index is 0.0665. The summed E-state index contributed by atoms with van der Waals surface area (Å²) in [6, 6.07) is 5.34. The van der Waals surface area contributed by atoms with Crippen LogP contribution in [0, 0.1) is 0 Å². The average molecular weight is 257 g/mol. The number of anilines is 1. The van der Waals surface area contributed by atoms with Crippen molar-refractivity contribution in [3.63, 3.8) is 0 Å². The van der Waals surface area contributed by atoms with Crippen LogP contribution in [0.2, 0.25) is 5.02 Å². The zero-order valence-corrected chi connectivity index (χ0v) is 11.0. The van der Waals surface area contributed by atoms with E-state index in [0.29, 0.717) is 10.6 Å². The SMILES string of the molecule is CNC(=O)CN(C)c1ccc(C(C)O)c(Cl)c1. The minimum atomic E-state index is -0.596. The van der Waals surface area contributed by atoms with E-state index in [1.807, 2.05) is 13.1 Å². The van der Waals surface area contributed by atoms with Gasteiger partial charge in [0.15, 0.2) is 0 Å². The summed E-state index contributed by atoms with van der Waals surface area (Å²) in [5, 5.41) is 12.5. The number of carbonyl (C=O) groups excluding carboxylic acids is 1. The van der Waals surface area contributed by atoms with Crippen molar-refractivity contribution >= 4 is 23.2 Å². The van der Waals surface area contributed by atoms with Crippen LogP contribution in [0.4, 0.5) is 5.69 Å². The predicted octanol–water partition coefficient (Wildman–Crippen LogP) is 1.58. The highest BCUT2D eigenvalue weighted by Crippen LogP contribution is 2.27.